The van der Waals surface area contributed by atoms with Gasteiger partial charge in [-0.3, -0.25) is 4.90 Å². The Labute approximate surface area is 68.3 Å². The summed E-state index contributed by atoms with van der Waals surface area (Å²) >= 11 is 0. The normalized spacial score (nSPS) is 21.0. The monoisotopic (exact) mass is 159 g/mol. The summed E-state index contributed by atoms with van der Waals surface area (Å²) in [5, 5.41) is 0. The first-order valence-electron chi connectivity index (χ1n) is 4.21. The van der Waals surface area contributed by atoms with Crippen LogP contribution in [-0.2, 0) is 9.47 Å². The van der Waals surface area contributed by atoms with Crippen molar-refractivity contribution in [1.82, 2.24) is 4.90 Å². The largest absolute Gasteiger partial charge is 0.379 e. The summed E-state index contributed by atoms with van der Waals surface area (Å²) in [6.45, 7) is 8.57. The smallest absolute Gasteiger partial charge is 0.0995 e. The van der Waals surface area contributed by atoms with Crippen molar-refractivity contribution in [2.75, 3.05) is 33.0 Å². The molecule has 0 aromatic carbocycles. The van der Waals surface area contributed by atoms with E-state index in [2.05, 4.69) is 18.7 Å². The predicted molar refractivity (Wildman–Crippen MR) is 43.5 cm³/mol. The molecule has 0 aromatic heterocycles. The van der Waals surface area contributed by atoms with E-state index in [1.165, 1.54) is 0 Å². The van der Waals surface area contributed by atoms with Gasteiger partial charge in [-0.2, -0.15) is 0 Å². The first kappa shape index (κ1) is 8.97. The highest BCUT2D eigenvalue weighted by molar-refractivity contribution is 4.57. The zero-order valence-electron chi connectivity index (χ0n) is 7.38. The minimum atomic E-state index is 0.331. The molecule has 0 atom stereocenters. The standard InChI is InChI=1S/C8H17NO2/c1-8(2)11-7-9-3-5-10-6-4-9/h8H,3-7H2,1-2H3. The molecule has 0 N–H and O–H groups in total. The van der Waals surface area contributed by atoms with Gasteiger partial charge in [-0.05, 0) is 13.8 Å². The summed E-state index contributed by atoms with van der Waals surface area (Å²) in [6.07, 6.45) is 0.331. The Bertz CT molecular complexity index is 100. The molecule has 0 amide bonds. The number of nitrogens with zero attached hydrogens (tertiary/aromatic N) is 1. The summed E-state index contributed by atoms with van der Waals surface area (Å²) in [7, 11) is 0. The average Bonchev–Trinajstić information content (AvgIpc) is 2.03. The van der Waals surface area contributed by atoms with Crippen LogP contribution in [0, 0.1) is 0 Å². The second kappa shape index (κ2) is 4.70. The summed E-state index contributed by atoms with van der Waals surface area (Å²) in [4.78, 5) is 2.27. The third kappa shape index (κ3) is 3.70. The molecule has 0 spiro atoms. The fraction of sp³-hybridized carbons (Fsp3) is 1.00. The lowest BCUT2D eigenvalue weighted by molar-refractivity contribution is -0.0511. The van der Waals surface area contributed by atoms with Gasteiger partial charge in [0.15, 0.2) is 0 Å². The van der Waals surface area contributed by atoms with E-state index in [-0.39, 0.29) is 0 Å². The average molecular weight is 159 g/mol. The maximum absolute atomic E-state index is 5.45. The van der Waals surface area contributed by atoms with E-state index in [1.54, 1.807) is 0 Å². The van der Waals surface area contributed by atoms with Crippen LogP contribution in [0.1, 0.15) is 13.8 Å². The second-order valence-electron chi connectivity index (χ2n) is 3.07. The van der Waals surface area contributed by atoms with Crippen LogP contribution in [0.5, 0.6) is 0 Å². The van der Waals surface area contributed by atoms with Crippen LogP contribution in [0.2, 0.25) is 0 Å². The van der Waals surface area contributed by atoms with Crippen molar-refractivity contribution in [1.29, 1.82) is 0 Å². The molecular weight excluding hydrogens is 142 g/mol. The SMILES string of the molecule is CC(C)OCN1CCOCC1. The summed E-state index contributed by atoms with van der Waals surface area (Å²) in [5.41, 5.74) is 0. The third-order valence-electron chi connectivity index (χ3n) is 1.69. The minimum absolute atomic E-state index is 0.331. The van der Waals surface area contributed by atoms with E-state index in [9.17, 15) is 0 Å². The molecule has 1 aliphatic rings. The van der Waals surface area contributed by atoms with Gasteiger partial charge in [0.25, 0.3) is 0 Å². The molecule has 66 valence electrons. The highest BCUT2D eigenvalue weighted by atomic mass is 16.5. The van der Waals surface area contributed by atoms with Crippen LogP contribution in [0.4, 0.5) is 0 Å². The molecule has 1 rings (SSSR count). The molecule has 11 heavy (non-hydrogen) atoms. The van der Waals surface area contributed by atoms with Crippen molar-refractivity contribution < 1.29 is 9.47 Å². The van der Waals surface area contributed by atoms with Gasteiger partial charge in [-0.25, -0.2) is 0 Å². The summed E-state index contributed by atoms with van der Waals surface area (Å²) in [6, 6.07) is 0. The van der Waals surface area contributed by atoms with E-state index in [1.807, 2.05) is 0 Å². The molecule has 1 saturated heterocycles. The van der Waals surface area contributed by atoms with Crippen LogP contribution >= 0.6 is 0 Å². The van der Waals surface area contributed by atoms with Gasteiger partial charge < -0.3 is 9.47 Å². The number of hydrogen-bond donors (Lipinski definition) is 0. The first-order chi connectivity index (χ1) is 5.29. The lowest BCUT2D eigenvalue weighted by atomic mass is 10.4. The molecule has 1 aliphatic heterocycles. The molecule has 0 radical (unpaired) electrons. The van der Waals surface area contributed by atoms with Gasteiger partial charge in [-0.1, -0.05) is 0 Å². The van der Waals surface area contributed by atoms with E-state index in [4.69, 9.17) is 9.47 Å². The van der Waals surface area contributed by atoms with E-state index >= 15 is 0 Å². The number of morpholine rings is 1. The molecule has 0 aromatic rings. The zero-order valence-corrected chi connectivity index (χ0v) is 7.38. The quantitative estimate of drug-likeness (QED) is 0.605. The topological polar surface area (TPSA) is 21.7 Å². The van der Waals surface area contributed by atoms with E-state index < -0.39 is 0 Å². The fourth-order valence-corrected chi connectivity index (χ4v) is 0.985. The predicted octanol–water partition coefficient (Wildman–Crippen LogP) is 0.701. The van der Waals surface area contributed by atoms with Crippen LogP contribution in [0.15, 0.2) is 0 Å². The molecule has 1 heterocycles. The molecule has 3 heteroatoms. The summed E-state index contributed by atoms with van der Waals surface area (Å²) in [5.74, 6) is 0. The maximum atomic E-state index is 5.45. The third-order valence-corrected chi connectivity index (χ3v) is 1.69. The van der Waals surface area contributed by atoms with Gasteiger partial charge in [0, 0.05) is 13.1 Å². The van der Waals surface area contributed by atoms with Gasteiger partial charge in [0.1, 0.15) is 0 Å². The molecule has 3 nitrogen and oxygen atoms in total. The molecule has 1 fully saturated rings. The van der Waals surface area contributed by atoms with Crippen molar-refractivity contribution in [2.24, 2.45) is 0 Å². The van der Waals surface area contributed by atoms with Crippen LogP contribution in [0.3, 0.4) is 0 Å². The Morgan fingerprint density at radius 1 is 1.36 bits per heavy atom. The lowest BCUT2D eigenvalue weighted by Gasteiger charge is -2.26. The van der Waals surface area contributed by atoms with E-state index in [0.29, 0.717) is 6.10 Å². The Morgan fingerprint density at radius 2 is 2.00 bits per heavy atom. The summed E-state index contributed by atoms with van der Waals surface area (Å²) < 4.78 is 10.7. The van der Waals surface area contributed by atoms with Gasteiger partial charge in [-0.15, -0.1) is 0 Å². The Balaban J connectivity index is 2.05. The van der Waals surface area contributed by atoms with Crippen LogP contribution in [0.25, 0.3) is 0 Å². The van der Waals surface area contributed by atoms with Gasteiger partial charge >= 0.3 is 0 Å². The molecule has 0 bridgehead atoms. The molecular formula is C8H17NO2. The van der Waals surface area contributed by atoms with Gasteiger partial charge in [0.2, 0.25) is 0 Å². The number of hydrogen-bond acceptors (Lipinski definition) is 3. The second-order valence-corrected chi connectivity index (χ2v) is 3.07. The Kier molecular flexibility index (Phi) is 3.83. The Morgan fingerprint density at radius 3 is 2.55 bits per heavy atom. The Hall–Kier alpha value is -0.120. The highest BCUT2D eigenvalue weighted by Gasteiger charge is 2.09. The van der Waals surface area contributed by atoms with Crippen LogP contribution in [-0.4, -0.2) is 44.0 Å². The molecule has 0 saturated carbocycles. The van der Waals surface area contributed by atoms with Crippen LogP contribution < -0.4 is 0 Å². The van der Waals surface area contributed by atoms with E-state index in [0.717, 1.165) is 33.0 Å². The zero-order chi connectivity index (χ0) is 8.10. The lowest BCUT2D eigenvalue weighted by Crippen LogP contribution is -2.38. The minimum Gasteiger partial charge on any atom is -0.379 e. The molecule has 0 unspecified atom stereocenters. The highest BCUT2D eigenvalue weighted by Crippen LogP contribution is 1.98. The number of rotatable bonds is 3. The van der Waals surface area contributed by atoms with Crippen molar-refractivity contribution in [3.05, 3.63) is 0 Å². The molecule has 0 aliphatic carbocycles. The van der Waals surface area contributed by atoms with Crippen molar-refractivity contribution in [2.45, 2.75) is 20.0 Å². The van der Waals surface area contributed by atoms with Crippen molar-refractivity contribution in [3.63, 3.8) is 0 Å². The fourth-order valence-electron chi connectivity index (χ4n) is 0.985. The maximum Gasteiger partial charge on any atom is 0.0995 e. The number of ether oxygens (including phenoxy) is 2. The van der Waals surface area contributed by atoms with Gasteiger partial charge in [0.05, 0.1) is 26.0 Å². The first-order valence-corrected chi connectivity index (χ1v) is 4.21. The van der Waals surface area contributed by atoms with Crippen molar-refractivity contribution in [3.8, 4) is 0 Å². The van der Waals surface area contributed by atoms with Crippen molar-refractivity contribution >= 4 is 0 Å².